The van der Waals surface area contributed by atoms with Crippen LogP contribution in [-0.2, 0) is 11.3 Å². The molecule has 1 saturated heterocycles. The van der Waals surface area contributed by atoms with E-state index in [0.29, 0.717) is 0 Å². The summed E-state index contributed by atoms with van der Waals surface area (Å²) in [7, 11) is 0. The minimum atomic E-state index is -4.33. The molecule has 2 nitrogen and oxygen atoms in total. The third-order valence-electron chi connectivity index (χ3n) is 3.76. The SMILES string of the molecule is Cc1cc(C2OC(C(F)(F)F)C2(C)C)ccc1CO. The minimum Gasteiger partial charge on any atom is -0.392 e. The highest BCUT2D eigenvalue weighted by Crippen LogP contribution is 2.56. The molecule has 2 unspecified atom stereocenters. The third kappa shape index (κ3) is 2.37. The maximum absolute atomic E-state index is 12.7. The van der Waals surface area contributed by atoms with Crippen LogP contribution in [0.4, 0.5) is 13.2 Å². The number of hydrogen-bond donors (Lipinski definition) is 1. The molecule has 1 aromatic carbocycles. The van der Waals surface area contributed by atoms with Crippen LogP contribution >= 0.6 is 0 Å². The zero-order valence-electron chi connectivity index (χ0n) is 11.1. The van der Waals surface area contributed by atoms with E-state index < -0.39 is 23.8 Å². The Labute approximate surface area is 110 Å². The number of benzene rings is 1. The summed E-state index contributed by atoms with van der Waals surface area (Å²) in [5, 5.41) is 9.09. The van der Waals surface area contributed by atoms with Crippen molar-refractivity contribution in [2.24, 2.45) is 5.41 Å². The van der Waals surface area contributed by atoms with E-state index in [9.17, 15) is 13.2 Å². The zero-order valence-corrected chi connectivity index (χ0v) is 11.1. The normalized spacial score (nSPS) is 26.1. The summed E-state index contributed by atoms with van der Waals surface area (Å²) in [6, 6.07) is 5.23. The van der Waals surface area contributed by atoms with E-state index in [0.717, 1.165) is 16.7 Å². The topological polar surface area (TPSA) is 29.5 Å². The lowest BCUT2D eigenvalue weighted by Crippen LogP contribution is -2.57. The van der Waals surface area contributed by atoms with Gasteiger partial charge in [-0.2, -0.15) is 13.2 Å². The monoisotopic (exact) mass is 274 g/mol. The van der Waals surface area contributed by atoms with Gasteiger partial charge in [0, 0.05) is 5.41 Å². The number of ether oxygens (including phenoxy) is 1. The van der Waals surface area contributed by atoms with E-state index in [1.807, 2.05) is 6.92 Å². The summed E-state index contributed by atoms with van der Waals surface area (Å²) in [6.45, 7) is 4.87. The first kappa shape index (κ1) is 14.3. The largest absolute Gasteiger partial charge is 0.415 e. The highest BCUT2D eigenvalue weighted by atomic mass is 19.4. The number of rotatable bonds is 2. The Hall–Kier alpha value is -1.07. The van der Waals surface area contributed by atoms with Gasteiger partial charge in [-0.3, -0.25) is 0 Å². The number of halogens is 3. The van der Waals surface area contributed by atoms with Crippen molar-refractivity contribution in [2.45, 2.75) is 45.8 Å². The molecular formula is C14H17F3O2. The van der Waals surface area contributed by atoms with Crippen LogP contribution in [0.1, 0.15) is 36.6 Å². The molecule has 1 fully saturated rings. The molecule has 1 heterocycles. The highest BCUT2D eigenvalue weighted by Gasteiger charge is 2.62. The standard InChI is InChI=1S/C14H17F3O2/c1-8-6-9(4-5-10(8)7-18)11-13(2,3)12(19-11)14(15,16)17/h4-6,11-12,18H,7H2,1-3H3. The van der Waals surface area contributed by atoms with Gasteiger partial charge in [0.1, 0.15) is 0 Å². The molecule has 106 valence electrons. The van der Waals surface area contributed by atoms with Crippen LogP contribution in [0.25, 0.3) is 0 Å². The Bertz CT molecular complexity index is 480. The lowest BCUT2D eigenvalue weighted by molar-refractivity contribution is -0.351. The molecule has 2 atom stereocenters. The van der Waals surface area contributed by atoms with E-state index >= 15 is 0 Å². The van der Waals surface area contributed by atoms with Crippen LogP contribution in [0.3, 0.4) is 0 Å². The molecular weight excluding hydrogens is 257 g/mol. The molecule has 19 heavy (non-hydrogen) atoms. The van der Waals surface area contributed by atoms with Crippen LogP contribution in [0.15, 0.2) is 18.2 Å². The number of aliphatic hydroxyl groups is 1. The molecule has 0 radical (unpaired) electrons. The first-order valence-electron chi connectivity index (χ1n) is 6.10. The van der Waals surface area contributed by atoms with Gasteiger partial charge in [0.15, 0.2) is 6.10 Å². The van der Waals surface area contributed by atoms with E-state index in [1.54, 1.807) is 32.0 Å². The second-order valence-electron chi connectivity index (χ2n) is 5.60. The Kier molecular flexibility index (Phi) is 3.39. The quantitative estimate of drug-likeness (QED) is 0.894. The molecule has 1 aliphatic heterocycles. The summed E-state index contributed by atoms with van der Waals surface area (Å²) < 4.78 is 43.2. The fourth-order valence-electron chi connectivity index (χ4n) is 2.62. The molecule has 1 N–H and O–H groups in total. The van der Waals surface area contributed by atoms with Crippen LogP contribution in [0.2, 0.25) is 0 Å². The van der Waals surface area contributed by atoms with Crippen LogP contribution in [-0.4, -0.2) is 17.4 Å². The van der Waals surface area contributed by atoms with Crippen molar-refractivity contribution in [3.05, 3.63) is 34.9 Å². The summed E-state index contributed by atoms with van der Waals surface area (Å²) in [5.41, 5.74) is 1.37. The van der Waals surface area contributed by atoms with Crippen molar-refractivity contribution >= 4 is 0 Å². The maximum Gasteiger partial charge on any atom is 0.415 e. The predicted octanol–water partition coefficient (Wildman–Crippen LogP) is 3.52. The van der Waals surface area contributed by atoms with Gasteiger partial charge in [-0.25, -0.2) is 0 Å². The van der Waals surface area contributed by atoms with Gasteiger partial charge >= 0.3 is 6.18 Å². The molecule has 2 rings (SSSR count). The summed E-state index contributed by atoms with van der Waals surface area (Å²) >= 11 is 0. The van der Waals surface area contributed by atoms with E-state index in [1.165, 1.54) is 0 Å². The fraction of sp³-hybridized carbons (Fsp3) is 0.571. The molecule has 0 aliphatic carbocycles. The van der Waals surface area contributed by atoms with Gasteiger partial charge in [-0.05, 0) is 23.6 Å². The average molecular weight is 274 g/mol. The predicted molar refractivity (Wildman–Crippen MR) is 64.6 cm³/mol. The van der Waals surface area contributed by atoms with Crippen molar-refractivity contribution in [3.63, 3.8) is 0 Å². The van der Waals surface area contributed by atoms with Crippen molar-refractivity contribution in [3.8, 4) is 0 Å². The molecule has 0 aromatic heterocycles. The molecule has 0 spiro atoms. The average Bonchev–Trinajstić information content (AvgIpc) is 2.26. The Morgan fingerprint density at radius 3 is 2.37 bits per heavy atom. The van der Waals surface area contributed by atoms with Gasteiger partial charge < -0.3 is 9.84 Å². The summed E-state index contributed by atoms with van der Waals surface area (Å²) in [5.74, 6) is 0. The second kappa shape index (κ2) is 4.49. The smallest absolute Gasteiger partial charge is 0.392 e. The lowest BCUT2D eigenvalue weighted by Gasteiger charge is -2.52. The lowest BCUT2D eigenvalue weighted by atomic mass is 9.72. The molecule has 5 heteroatoms. The summed E-state index contributed by atoms with van der Waals surface area (Å²) in [4.78, 5) is 0. The van der Waals surface area contributed by atoms with E-state index in [2.05, 4.69) is 0 Å². The number of alkyl halides is 3. The van der Waals surface area contributed by atoms with Gasteiger partial charge in [0.25, 0.3) is 0 Å². The van der Waals surface area contributed by atoms with Crippen LogP contribution in [0, 0.1) is 12.3 Å². The number of hydrogen-bond acceptors (Lipinski definition) is 2. The van der Waals surface area contributed by atoms with Gasteiger partial charge in [-0.15, -0.1) is 0 Å². The first-order chi connectivity index (χ1) is 8.67. The molecule has 0 saturated carbocycles. The second-order valence-corrected chi connectivity index (χ2v) is 5.60. The Morgan fingerprint density at radius 2 is 1.95 bits per heavy atom. The molecule has 1 aromatic rings. The zero-order chi connectivity index (χ0) is 14.4. The number of aryl methyl sites for hydroxylation is 1. The van der Waals surface area contributed by atoms with E-state index in [4.69, 9.17) is 9.84 Å². The minimum absolute atomic E-state index is 0.0772. The van der Waals surface area contributed by atoms with Crippen molar-refractivity contribution in [2.75, 3.05) is 0 Å². The van der Waals surface area contributed by atoms with E-state index in [-0.39, 0.29) is 6.61 Å². The Balaban J connectivity index is 2.24. The van der Waals surface area contributed by atoms with Crippen molar-refractivity contribution in [1.29, 1.82) is 0 Å². The molecule has 1 aliphatic rings. The van der Waals surface area contributed by atoms with Crippen molar-refractivity contribution in [1.82, 2.24) is 0 Å². The Morgan fingerprint density at radius 1 is 1.32 bits per heavy atom. The van der Waals surface area contributed by atoms with Gasteiger partial charge in [0.2, 0.25) is 0 Å². The first-order valence-corrected chi connectivity index (χ1v) is 6.10. The third-order valence-corrected chi connectivity index (χ3v) is 3.76. The van der Waals surface area contributed by atoms with Crippen LogP contribution < -0.4 is 0 Å². The number of aliphatic hydroxyl groups excluding tert-OH is 1. The molecule has 0 bridgehead atoms. The fourth-order valence-corrected chi connectivity index (χ4v) is 2.62. The maximum atomic E-state index is 12.7. The molecule has 0 amide bonds. The van der Waals surface area contributed by atoms with Gasteiger partial charge in [0.05, 0.1) is 12.7 Å². The summed E-state index contributed by atoms with van der Waals surface area (Å²) in [6.07, 6.45) is -6.62. The van der Waals surface area contributed by atoms with Gasteiger partial charge in [-0.1, -0.05) is 32.0 Å². The van der Waals surface area contributed by atoms with Crippen LogP contribution in [0.5, 0.6) is 0 Å². The van der Waals surface area contributed by atoms with Crippen molar-refractivity contribution < 1.29 is 23.0 Å². The highest BCUT2D eigenvalue weighted by molar-refractivity contribution is 5.34.